The summed E-state index contributed by atoms with van der Waals surface area (Å²) in [5.41, 5.74) is -0.361. The van der Waals surface area contributed by atoms with Gasteiger partial charge in [-0.1, -0.05) is 53.7 Å². The van der Waals surface area contributed by atoms with Crippen molar-refractivity contribution in [3.8, 4) is 0 Å². The third kappa shape index (κ3) is 11.1. The van der Waals surface area contributed by atoms with Crippen LogP contribution in [-0.4, -0.2) is 133 Å². The number of likely N-dealkylation sites (tertiary alicyclic amines) is 2. The molecule has 2 saturated heterocycles. The summed E-state index contributed by atoms with van der Waals surface area (Å²) in [7, 11) is 3.33. The molecule has 4 rings (SSSR count). The van der Waals surface area contributed by atoms with Gasteiger partial charge >= 0.3 is 0 Å². The quantitative estimate of drug-likeness (QED) is 0.126. The van der Waals surface area contributed by atoms with E-state index < -0.39 is 70.2 Å². The smallest absolute Gasteiger partial charge is 0.246 e. The first kappa shape index (κ1) is 48.4. The average Bonchev–Trinajstić information content (AvgIpc) is 3.71. The lowest BCUT2D eigenvalue weighted by molar-refractivity contribution is -0.144. The molecule has 8 atom stereocenters. The largest absolute Gasteiger partial charge is 0.351 e. The molecule has 0 aromatic rings. The van der Waals surface area contributed by atoms with E-state index in [2.05, 4.69) is 43.3 Å². The topological polar surface area (TPSA) is 210 Å². The molecule has 16 nitrogen and oxygen atoms in total. The zero-order chi connectivity index (χ0) is 44.9. The number of likely N-dealkylation sites (N-methyl/N-ethyl adjacent to an activating group) is 2. The summed E-state index contributed by atoms with van der Waals surface area (Å²) in [4.78, 5) is 99.4. The number of carbonyl (C=O) groups excluding carboxylic acids is 7. The lowest BCUT2D eigenvalue weighted by atomic mass is 9.84. The number of nitrogens with zero attached hydrogens (tertiary/aromatic N) is 2. The lowest BCUT2D eigenvalue weighted by Gasteiger charge is -2.36. The normalized spacial score (nSPS) is 26.1. The Hall–Kier alpha value is -4.31. The Morgan fingerprint density at radius 2 is 1.25 bits per heavy atom. The number of rotatable bonds is 14. The van der Waals surface area contributed by atoms with Crippen LogP contribution >= 0.6 is 0 Å². The van der Waals surface area contributed by atoms with Crippen LogP contribution in [0.2, 0.25) is 0 Å². The van der Waals surface area contributed by atoms with Crippen molar-refractivity contribution < 1.29 is 33.6 Å². The number of carbonyl (C=O) groups is 7. The molecule has 0 unspecified atom stereocenters. The van der Waals surface area contributed by atoms with Crippen molar-refractivity contribution in [1.29, 1.82) is 0 Å². The van der Waals surface area contributed by atoms with Crippen LogP contribution in [0, 0.1) is 16.2 Å². The van der Waals surface area contributed by atoms with E-state index in [0.717, 1.165) is 24.8 Å². The summed E-state index contributed by atoms with van der Waals surface area (Å²) in [5, 5.41) is 20.9. The van der Waals surface area contributed by atoms with Gasteiger partial charge in [0.1, 0.15) is 23.5 Å². The van der Waals surface area contributed by atoms with Gasteiger partial charge in [0, 0.05) is 31.7 Å². The van der Waals surface area contributed by atoms with Crippen LogP contribution < -0.4 is 37.2 Å². The highest BCUT2D eigenvalue weighted by molar-refractivity contribution is 6.08. The molecule has 0 radical (unpaired) electrons. The van der Waals surface area contributed by atoms with Crippen LogP contribution in [0.15, 0.2) is 23.3 Å². The molecule has 7 N–H and O–H groups in total. The molecular formula is C44H73N9O7. The number of hydrogen-bond donors (Lipinski definition) is 7. The Morgan fingerprint density at radius 1 is 0.717 bits per heavy atom. The summed E-state index contributed by atoms with van der Waals surface area (Å²) < 4.78 is 0. The molecule has 2 aliphatic carbocycles. The molecule has 0 bridgehead atoms. The highest BCUT2D eigenvalue weighted by atomic mass is 16.2. The van der Waals surface area contributed by atoms with E-state index in [4.69, 9.17) is 0 Å². The van der Waals surface area contributed by atoms with E-state index in [0.29, 0.717) is 25.8 Å². The van der Waals surface area contributed by atoms with Gasteiger partial charge in [0.05, 0.1) is 18.1 Å². The van der Waals surface area contributed by atoms with E-state index in [1.165, 1.54) is 10.5 Å². The highest BCUT2D eigenvalue weighted by Gasteiger charge is 2.58. The van der Waals surface area contributed by atoms with Gasteiger partial charge < -0.3 is 47.0 Å². The minimum Gasteiger partial charge on any atom is -0.351 e. The molecule has 0 spiro atoms. The van der Waals surface area contributed by atoms with Gasteiger partial charge in [-0.15, -0.1) is 0 Å². The van der Waals surface area contributed by atoms with E-state index in [-0.39, 0.29) is 55.2 Å². The molecule has 60 heavy (non-hydrogen) atoms. The molecule has 336 valence electrons. The number of allylic oxidation sites excluding steroid dienone is 2. The summed E-state index contributed by atoms with van der Waals surface area (Å²) >= 11 is 0. The van der Waals surface area contributed by atoms with Crippen molar-refractivity contribution in [3.63, 3.8) is 0 Å². The predicted molar refractivity (Wildman–Crippen MR) is 230 cm³/mol. The minimum atomic E-state index is -1.31. The van der Waals surface area contributed by atoms with Crippen LogP contribution in [0.1, 0.15) is 114 Å². The zero-order valence-electron chi connectivity index (χ0n) is 38.1. The van der Waals surface area contributed by atoms with Crippen LogP contribution in [0.4, 0.5) is 0 Å². The Labute approximate surface area is 357 Å². The van der Waals surface area contributed by atoms with Gasteiger partial charge in [-0.05, 0) is 109 Å². The second-order valence-corrected chi connectivity index (χ2v) is 19.4. The monoisotopic (exact) mass is 840 g/mol. The highest BCUT2D eigenvalue weighted by Crippen LogP contribution is 2.47. The molecule has 4 aliphatic rings. The summed E-state index contributed by atoms with van der Waals surface area (Å²) in [6.45, 7) is 19.2. The van der Waals surface area contributed by atoms with E-state index in [1.807, 2.05) is 61.5 Å². The van der Waals surface area contributed by atoms with E-state index in [1.54, 1.807) is 32.8 Å². The summed E-state index contributed by atoms with van der Waals surface area (Å²) in [6, 6.07) is -4.97. The fourth-order valence-corrected chi connectivity index (χ4v) is 8.42. The van der Waals surface area contributed by atoms with Crippen molar-refractivity contribution >= 4 is 41.4 Å². The van der Waals surface area contributed by atoms with E-state index in [9.17, 15) is 33.6 Å². The fourth-order valence-electron chi connectivity index (χ4n) is 8.42. The average molecular weight is 840 g/mol. The van der Waals surface area contributed by atoms with Gasteiger partial charge in [-0.2, -0.15) is 0 Å². The molecule has 2 saturated carbocycles. The molecule has 4 fully saturated rings. The molecule has 16 heteroatoms. The molecule has 0 aromatic carbocycles. The van der Waals surface area contributed by atoms with Crippen molar-refractivity contribution in [3.05, 3.63) is 23.3 Å². The van der Waals surface area contributed by atoms with Gasteiger partial charge in [0.15, 0.2) is 0 Å². The van der Waals surface area contributed by atoms with Gasteiger partial charge in [-0.3, -0.25) is 33.6 Å². The lowest BCUT2D eigenvalue weighted by Crippen LogP contribution is -2.60. The van der Waals surface area contributed by atoms with Crippen LogP contribution in [-0.2, 0) is 33.6 Å². The van der Waals surface area contributed by atoms with Crippen molar-refractivity contribution in [2.24, 2.45) is 16.2 Å². The van der Waals surface area contributed by atoms with Crippen molar-refractivity contribution in [2.75, 3.05) is 33.7 Å². The Morgan fingerprint density at radius 3 is 1.73 bits per heavy atom. The minimum absolute atomic E-state index is 0.0178. The molecule has 7 amide bonds. The second-order valence-electron chi connectivity index (χ2n) is 19.4. The van der Waals surface area contributed by atoms with Crippen LogP contribution in [0.25, 0.3) is 0 Å². The second kappa shape index (κ2) is 19.6. The van der Waals surface area contributed by atoms with Gasteiger partial charge in [0.2, 0.25) is 41.4 Å². The van der Waals surface area contributed by atoms with Crippen molar-refractivity contribution in [1.82, 2.24) is 47.0 Å². The zero-order valence-corrected chi connectivity index (χ0v) is 38.1. The summed E-state index contributed by atoms with van der Waals surface area (Å²) in [5.74, 6) is -2.53. The maximum atomic E-state index is 14.5. The number of nitrogens with one attached hydrogen (secondary N) is 7. The SMILES string of the molecule is C/C=C1/CCC[C@@H](NC(=O)[C@@H]2C[C@H](NC(=O)C3(C(=O)N[C@H]4CCN(C(=O)[C@@H](NC(=O)[C@H](C)NC)C(C)(C)C)C4)CC3)CN2C(=O)[C@@H](NC(=O)[C@H](C)NC)C(C)(C)C)/C1=C/C. The third-order valence-electron chi connectivity index (χ3n) is 12.8. The fraction of sp³-hybridized carbons (Fsp3) is 0.750. The molecule has 2 heterocycles. The van der Waals surface area contributed by atoms with Gasteiger partial charge in [-0.25, -0.2) is 0 Å². The van der Waals surface area contributed by atoms with Crippen molar-refractivity contribution in [2.45, 2.75) is 163 Å². The molecular weight excluding hydrogens is 767 g/mol. The van der Waals surface area contributed by atoms with Crippen LogP contribution in [0.3, 0.4) is 0 Å². The van der Waals surface area contributed by atoms with E-state index >= 15 is 0 Å². The number of amides is 7. The molecule has 0 aromatic heterocycles. The Balaban J connectivity index is 1.49. The Bertz CT molecular complexity index is 1710. The van der Waals surface area contributed by atoms with Gasteiger partial charge in [0.25, 0.3) is 0 Å². The maximum absolute atomic E-state index is 14.5. The van der Waals surface area contributed by atoms with Crippen LogP contribution in [0.5, 0.6) is 0 Å². The first-order valence-corrected chi connectivity index (χ1v) is 21.8. The molecule has 2 aliphatic heterocycles. The first-order valence-electron chi connectivity index (χ1n) is 21.8. The predicted octanol–water partition coefficient (Wildman–Crippen LogP) is 1.41. The summed E-state index contributed by atoms with van der Waals surface area (Å²) in [6.07, 6.45) is 7.96. The Kier molecular flexibility index (Phi) is 15.8. The third-order valence-corrected chi connectivity index (χ3v) is 12.8. The number of hydrogen-bond acceptors (Lipinski definition) is 9. The maximum Gasteiger partial charge on any atom is 0.246 e. The first-order chi connectivity index (χ1) is 28.0. The standard InChI is InChI=1S/C44H73N9O7/c1-13-27-16-15-17-31(30(27)14-2)49-37(56)32-22-29(24-53(32)39(58)34(43(8,9)10)51-36(55)26(4)46-12)48-41(60)44(19-20-44)40(59)47-28-18-21-52(23-28)38(57)33(42(5,6)7)50-35(54)25(3)45-11/h13-14,25-26,28-29,31-34,45-46H,15-24H2,1-12H3,(H,47,59)(H,48,60)(H,49,56)(H,50,54)(H,51,55)/b27-13-,30-14+/t25-,26-,28-,29-,31+,32-,33+,34+/m0/s1.